The molecular formula is C18H21ClF2N4S2. The van der Waals surface area contributed by atoms with E-state index in [9.17, 15) is 8.78 Å². The molecular weight excluding hydrogens is 410 g/mol. The maximum absolute atomic E-state index is 12.8. The van der Waals surface area contributed by atoms with E-state index in [1.165, 1.54) is 11.9 Å². The van der Waals surface area contributed by atoms with E-state index >= 15 is 0 Å². The third kappa shape index (κ3) is 4.29. The Balaban J connectivity index is 0.00000102. The van der Waals surface area contributed by atoms with Gasteiger partial charge in [-0.3, -0.25) is 4.72 Å². The zero-order valence-electron chi connectivity index (χ0n) is 15.5. The van der Waals surface area contributed by atoms with Crippen molar-refractivity contribution in [3.8, 4) is 10.7 Å². The van der Waals surface area contributed by atoms with Crippen LogP contribution in [0, 0.1) is 6.92 Å². The molecule has 0 unspecified atom stereocenters. The molecule has 0 atom stereocenters. The van der Waals surface area contributed by atoms with Crippen LogP contribution in [0.25, 0.3) is 16.2 Å². The molecule has 1 N–H and O–H groups in total. The Morgan fingerprint density at radius 2 is 2.00 bits per heavy atom. The van der Waals surface area contributed by atoms with Crippen LogP contribution >= 0.6 is 34.9 Å². The summed E-state index contributed by atoms with van der Waals surface area (Å²) in [4.78, 5) is 0.959. The SMILES string of the molecule is CC.Cc1cc(-c2nnc(C(F)F)s2)n2cc(SNC3(C)CC3)cc(Cl)c12. The maximum Gasteiger partial charge on any atom is 0.291 e. The molecule has 0 aromatic carbocycles. The number of nitrogens with one attached hydrogen (secondary N) is 1. The standard InChI is InChI=1S/C16H15ClF2N4S2.C2H6/c1-8-5-11(14-20-21-15(24-14)13(18)19)23-7-9(6-10(17)12(8)23)25-22-16(2)3-4-16;1-2/h5-7,13,22H,3-4H2,1-2H3;1-2H3. The number of nitrogens with zero attached hydrogens (tertiary/aromatic N) is 3. The lowest BCUT2D eigenvalue weighted by Gasteiger charge is -2.12. The minimum absolute atomic E-state index is 0.187. The summed E-state index contributed by atoms with van der Waals surface area (Å²) in [6.07, 6.45) is 1.66. The summed E-state index contributed by atoms with van der Waals surface area (Å²) in [6, 6.07) is 3.82. The zero-order valence-corrected chi connectivity index (χ0v) is 17.9. The molecule has 27 heavy (non-hydrogen) atoms. The van der Waals surface area contributed by atoms with Crippen molar-refractivity contribution in [3.05, 3.63) is 33.9 Å². The minimum atomic E-state index is -2.61. The second kappa shape index (κ2) is 8.03. The van der Waals surface area contributed by atoms with E-state index in [2.05, 4.69) is 21.8 Å². The summed E-state index contributed by atoms with van der Waals surface area (Å²) in [5.74, 6) is 0. The third-order valence-electron chi connectivity index (χ3n) is 4.24. The van der Waals surface area contributed by atoms with Crippen LogP contribution in [0.15, 0.2) is 23.2 Å². The number of hydrogen-bond acceptors (Lipinski definition) is 5. The number of aryl methyl sites for hydroxylation is 1. The molecule has 0 bridgehead atoms. The van der Waals surface area contributed by atoms with Crippen molar-refractivity contribution < 1.29 is 8.78 Å². The summed E-state index contributed by atoms with van der Waals surface area (Å²) < 4.78 is 31.0. The van der Waals surface area contributed by atoms with Crippen LogP contribution in [0.1, 0.15) is 50.6 Å². The molecule has 4 nitrogen and oxygen atoms in total. The van der Waals surface area contributed by atoms with Gasteiger partial charge in [-0.25, -0.2) is 8.78 Å². The largest absolute Gasteiger partial charge is 0.311 e. The quantitative estimate of drug-likeness (QED) is 0.467. The van der Waals surface area contributed by atoms with Crippen molar-refractivity contribution in [3.63, 3.8) is 0 Å². The molecule has 0 spiro atoms. The molecule has 1 saturated carbocycles. The number of halogens is 3. The average Bonchev–Trinajstić information content (AvgIpc) is 3.06. The summed E-state index contributed by atoms with van der Waals surface area (Å²) in [5.41, 5.74) is 2.73. The van der Waals surface area contributed by atoms with E-state index in [1.54, 1.807) is 0 Å². The van der Waals surface area contributed by atoms with Crippen molar-refractivity contribution >= 4 is 40.4 Å². The highest BCUT2D eigenvalue weighted by molar-refractivity contribution is 7.97. The van der Waals surface area contributed by atoms with Crippen LogP contribution in [-0.2, 0) is 0 Å². The molecule has 146 valence electrons. The van der Waals surface area contributed by atoms with Crippen molar-refractivity contribution in [1.29, 1.82) is 0 Å². The number of hydrogen-bond donors (Lipinski definition) is 1. The molecule has 3 aromatic heterocycles. The van der Waals surface area contributed by atoms with Crippen molar-refractivity contribution in [2.75, 3.05) is 0 Å². The van der Waals surface area contributed by atoms with E-state index in [-0.39, 0.29) is 10.5 Å². The van der Waals surface area contributed by atoms with Gasteiger partial charge in [0.1, 0.15) is 0 Å². The molecule has 0 saturated heterocycles. The Kier molecular flexibility index (Phi) is 6.10. The highest BCUT2D eigenvalue weighted by atomic mass is 35.5. The molecule has 0 radical (unpaired) electrons. The van der Waals surface area contributed by atoms with Crippen molar-refractivity contribution in [2.24, 2.45) is 0 Å². The molecule has 0 aliphatic heterocycles. The minimum Gasteiger partial charge on any atom is -0.311 e. The number of fused-ring (bicyclic) bond motifs is 1. The second-order valence-electron chi connectivity index (χ2n) is 6.47. The first kappa shape index (κ1) is 20.5. The van der Waals surface area contributed by atoms with Gasteiger partial charge >= 0.3 is 0 Å². The smallest absolute Gasteiger partial charge is 0.291 e. The Labute approximate surface area is 170 Å². The Hall–Kier alpha value is -1.22. The number of pyridine rings is 1. The first-order chi connectivity index (χ1) is 12.9. The van der Waals surface area contributed by atoms with Crippen LogP contribution in [0.3, 0.4) is 0 Å². The van der Waals surface area contributed by atoms with E-state index in [4.69, 9.17) is 11.6 Å². The molecule has 0 amide bonds. The lowest BCUT2D eigenvalue weighted by molar-refractivity contribution is 0.150. The van der Waals surface area contributed by atoms with Crippen LogP contribution in [0.4, 0.5) is 8.78 Å². The van der Waals surface area contributed by atoms with E-state index in [0.717, 1.165) is 45.8 Å². The molecule has 1 fully saturated rings. The van der Waals surface area contributed by atoms with Gasteiger partial charge in [-0.15, -0.1) is 10.2 Å². The summed E-state index contributed by atoms with van der Waals surface area (Å²) in [6.45, 7) is 8.12. The Morgan fingerprint density at radius 1 is 1.30 bits per heavy atom. The zero-order chi connectivity index (χ0) is 19.8. The first-order valence-corrected chi connectivity index (χ1v) is 10.7. The lowest BCUT2D eigenvalue weighted by atomic mass is 10.3. The van der Waals surface area contributed by atoms with Crippen molar-refractivity contribution in [1.82, 2.24) is 19.3 Å². The van der Waals surface area contributed by atoms with Crippen LogP contribution in [0.2, 0.25) is 5.02 Å². The van der Waals surface area contributed by atoms with Gasteiger partial charge in [0.15, 0.2) is 10.0 Å². The van der Waals surface area contributed by atoms with Gasteiger partial charge in [0, 0.05) is 16.6 Å². The highest BCUT2D eigenvalue weighted by Crippen LogP contribution is 2.39. The van der Waals surface area contributed by atoms with Crippen LogP contribution in [0.5, 0.6) is 0 Å². The highest BCUT2D eigenvalue weighted by Gasteiger charge is 2.37. The summed E-state index contributed by atoms with van der Waals surface area (Å²) >= 11 is 8.91. The number of alkyl halides is 2. The fraction of sp³-hybridized carbons (Fsp3) is 0.444. The van der Waals surface area contributed by atoms with Crippen LogP contribution < -0.4 is 4.72 Å². The second-order valence-corrected chi connectivity index (χ2v) is 8.76. The molecule has 3 heterocycles. The summed E-state index contributed by atoms with van der Waals surface area (Å²) in [7, 11) is 0. The predicted octanol–water partition coefficient (Wildman–Crippen LogP) is 6.53. The van der Waals surface area contributed by atoms with Gasteiger partial charge in [-0.1, -0.05) is 36.8 Å². The normalized spacial score (nSPS) is 15.1. The number of rotatable bonds is 5. The summed E-state index contributed by atoms with van der Waals surface area (Å²) in [5, 5.41) is 8.31. The van der Waals surface area contributed by atoms with E-state index in [1.807, 2.05) is 43.5 Å². The monoisotopic (exact) mass is 430 g/mol. The predicted molar refractivity (Wildman–Crippen MR) is 109 cm³/mol. The van der Waals surface area contributed by atoms with Gasteiger partial charge in [-0.2, -0.15) is 0 Å². The Bertz CT molecular complexity index is 950. The topological polar surface area (TPSA) is 42.2 Å². The van der Waals surface area contributed by atoms with Gasteiger partial charge in [0.25, 0.3) is 6.43 Å². The van der Waals surface area contributed by atoms with Gasteiger partial charge < -0.3 is 4.40 Å². The average molecular weight is 431 g/mol. The maximum atomic E-state index is 12.8. The molecule has 1 aliphatic rings. The van der Waals surface area contributed by atoms with Gasteiger partial charge in [0.2, 0.25) is 0 Å². The molecule has 4 rings (SSSR count). The lowest BCUT2D eigenvalue weighted by Crippen LogP contribution is -2.19. The van der Waals surface area contributed by atoms with Gasteiger partial charge in [-0.05, 0) is 56.3 Å². The fourth-order valence-electron chi connectivity index (χ4n) is 2.57. The third-order valence-corrected chi connectivity index (χ3v) is 6.54. The molecule has 3 aromatic rings. The molecule has 1 aliphatic carbocycles. The van der Waals surface area contributed by atoms with Crippen molar-refractivity contribution in [2.45, 2.75) is 57.4 Å². The molecule has 9 heteroatoms. The van der Waals surface area contributed by atoms with Gasteiger partial charge in [0.05, 0.1) is 16.2 Å². The first-order valence-electron chi connectivity index (χ1n) is 8.73. The number of aromatic nitrogens is 3. The fourth-order valence-corrected chi connectivity index (χ4v) is 4.61. The van der Waals surface area contributed by atoms with E-state index < -0.39 is 6.43 Å². The van der Waals surface area contributed by atoms with E-state index in [0.29, 0.717) is 10.0 Å². The van der Waals surface area contributed by atoms with Crippen LogP contribution in [-0.4, -0.2) is 20.1 Å². The Morgan fingerprint density at radius 3 is 2.59 bits per heavy atom.